The van der Waals surface area contributed by atoms with E-state index in [1.807, 2.05) is 0 Å². The van der Waals surface area contributed by atoms with Crippen LogP contribution >= 0.6 is 0 Å². The van der Waals surface area contributed by atoms with Crippen LogP contribution in [0.2, 0.25) is 0 Å². The molecule has 1 aliphatic carbocycles. The van der Waals surface area contributed by atoms with E-state index in [0.29, 0.717) is 24.0 Å². The number of alkyl carbamates (subject to hydrolysis) is 1. The molecule has 8 amide bonds. The number of nitrogens with two attached hydrogens (primary N) is 1. The van der Waals surface area contributed by atoms with Gasteiger partial charge in [0.1, 0.15) is 47.1 Å². The third kappa shape index (κ3) is 15.7. The molecule has 340 valence electrons. The van der Waals surface area contributed by atoms with Gasteiger partial charge in [-0.2, -0.15) is 0 Å². The molecule has 3 rings (SSSR count). The van der Waals surface area contributed by atoms with Crippen molar-refractivity contribution in [1.29, 1.82) is 0 Å². The average Bonchev–Trinajstić information content (AvgIpc) is 3.67. The van der Waals surface area contributed by atoms with E-state index in [2.05, 4.69) is 37.2 Å². The van der Waals surface area contributed by atoms with Gasteiger partial charge in [-0.3, -0.25) is 33.6 Å². The zero-order valence-electron chi connectivity index (χ0n) is 36.9. The Kier molecular flexibility index (Phi) is 18.3. The number of carbonyl (C=O) groups excluding carboxylic acids is 8. The lowest BCUT2D eigenvalue weighted by Gasteiger charge is -2.34. The quantitative estimate of drug-likeness (QED) is 0.0923. The Balaban J connectivity index is 1.82. The lowest BCUT2D eigenvalue weighted by molar-refractivity contribution is -0.138. The van der Waals surface area contributed by atoms with E-state index in [1.165, 1.54) is 19.1 Å². The number of primary amides is 1. The first kappa shape index (κ1) is 50.2. The number of hydrogen-bond donors (Lipinski definition) is 9. The van der Waals surface area contributed by atoms with Crippen molar-refractivity contribution in [2.24, 2.45) is 17.6 Å². The first-order valence-corrected chi connectivity index (χ1v) is 20.9. The Morgan fingerprint density at radius 2 is 1.19 bits per heavy atom. The smallest absolute Gasteiger partial charge is 0.408 e. The molecule has 0 heterocycles. The highest BCUT2D eigenvalue weighted by Gasteiger charge is 2.45. The van der Waals surface area contributed by atoms with Crippen molar-refractivity contribution >= 4 is 47.4 Å². The van der Waals surface area contributed by atoms with Gasteiger partial charge in [0.2, 0.25) is 41.4 Å². The molecule has 62 heavy (non-hydrogen) atoms. The molecule has 2 aromatic carbocycles. The summed E-state index contributed by atoms with van der Waals surface area (Å²) in [6.45, 7) is 12.9. The summed E-state index contributed by atoms with van der Waals surface area (Å²) in [5.41, 5.74) is 4.15. The van der Waals surface area contributed by atoms with Gasteiger partial charge in [0.25, 0.3) is 0 Å². The van der Waals surface area contributed by atoms with Crippen molar-refractivity contribution in [1.82, 2.24) is 37.2 Å². The Morgan fingerprint density at radius 3 is 1.73 bits per heavy atom. The summed E-state index contributed by atoms with van der Waals surface area (Å²) in [4.78, 5) is 106. The van der Waals surface area contributed by atoms with Gasteiger partial charge in [0.15, 0.2) is 0 Å². The number of amides is 8. The van der Waals surface area contributed by atoms with Crippen LogP contribution in [-0.4, -0.2) is 100 Å². The summed E-state index contributed by atoms with van der Waals surface area (Å²) >= 11 is 0. The van der Waals surface area contributed by atoms with Crippen molar-refractivity contribution in [3.8, 4) is 5.75 Å². The number of ether oxygens (including phenoxy) is 1. The van der Waals surface area contributed by atoms with Gasteiger partial charge in [-0.05, 0) is 75.6 Å². The largest absolute Gasteiger partial charge is 0.508 e. The van der Waals surface area contributed by atoms with E-state index in [1.54, 1.807) is 90.9 Å². The number of carbonyl (C=O) groups is 8. The normalized spacial score (nSPS) is 15.8. The molecule has 0 aromatic heterocycles. The van der Waals surface area contributed by atoms with Gasteiger partial charge in [-0.25, -0.2) is 4.79 Å². The molecule has 0 saturated heterocycles. The number of rotatable bonds is 20. The molecule has 0 spiro atoms. The third-order valence-electron chi connectivity index (χ3n) is 10.2. The molecule has 0 radical (unpaired) electrons. The fraction of sp³-hybridized carbons (Fsp3) is 0.545. The van der Waals surface area contributed by atoms with E-state index >= 15 is 0 Å². The van der Waals surface area contributed by atoms with Crippen LogP contribution in [0.25, 0.3) is 0 Å². The summed E-state index contributed by atoms with van der Waals surface area (Å²) < 4.78 is 5.36. The van der Waals surface area contributed by atoms with Crippen molar-refractivity contribution < 1.29 is 48.2 Å². The second-order valence-electron chi connectivity index (χ2n) is 17.4. The van der Waals surface area contributed by atoms with E-state index in [-0.39, 0.29) is 37.4 Å². The second kappa shape index (κ2) is 22.6. The highest BCUT2D eigenvalue weighted by Crippen LogP contribution is 2.31. The molecule has 10 N–H and O–H groups in total. The van der Waals surface area contributed by atoms with E-state index in [4.69, 9.17) is 10.5 Å². The SMILES string of the molecule is CC(C)[C@H](NC(=O)[C@@H](NC(=O)C1(NC(=O)[C@H](Cc2ccccc2)NC(=O)[C@@H](C)NC(=O)[C@H](Cc2ccc(O)cc2)NC(=O)OC(C)(C)C)CCCC1)C(C)C)C(=O)NCC(N)=O. The van der Waals surface area contributed by atoms with Crippen LogP contribution in [0.1, 0.15) is 92.2 Å². The van der Waals surface area contributed by atoms with Gasteiger partial charge in [-0.15, -0.1) is 0 Å². The Morgan fingerprint density at radius 1 is 0.661 bits per heavy atom. The predicted octanol–water partition coefficient (Wildman–Crippen LogP) is 1.37. The van der Waals surface area contributed by atoms with Crippen LogP contribution in [0.3, 0.4) is 0 Å². The Labute approximate surface area is 363 Å². The molecule has 18 nitrogen and oxygen atoms in total. The molecule has 2 aromatic rings. The van der Waals surface area contributed by atoms with Crippen molar-refractivity contribution in [2.45, 2.75) is 135 Å². The molecular weight excluding hydrogens is 801 g/mol. The number of nitrogens with one attached hydrogen (secondary N) is 7. The number of phenols is 1. The fourth-order valence-corrected chi connectivity index (χ4v) is 6.85. The van der Waals surface area contributed by atoms with Gasteiger partial charge in [0.05, 0.1) is 6.54 Å². The van der Waals surface area contributed by atoms with E-state index < -0.39 is 101 Å². The third-order valence-corrected chi connectivity index (χ3v) is 10.2. The van der Waals surface area contributed by atoms with Gasteiger partial charge in [-0.1, -0.05) is 83.0 Å². The zero-order valence-corrected chi connectivity index (χ0v) is 36.9. The van der Waals surface area contributed by atoms with Crippen LogP contribution in [0.4, 0.5) is 4.79 Å². The summed E-state index contributed by atoms with van der Waals surface area (Å²) in [6, 6.07) is 9.15. The minimum atomic E-state index is -1.45. The lowest BCUT2D eigenvalue weighted by Crippen LogP contribution is -2.65. The monoisotopic (exact) mass is 864 g/mol. The van der Waals surface area contributed by atoms with Crippen LogP contribution in [-0.2, 0) is 51.1 Å². The maximum atomic E-state index is 14.3. The standard InChI is InChI=1S/C44H64N8O10/c1-25(2)34(39(58)46-24-33(45)54)50-40(59)35(26(3)4)51-41(60)44(20-12-13-21-44)52-38(57)32(22-28-14-10-9-11-15-28)48-36(55)27(5)47-37(56)31(49-42(61)62-43(6,7)8)23-29-16-18-30(53)19-17-29/h9-11,14-19,25-27,31-32,34-35,53H,12-13,20-24H2,1-8H3,(H2,45,54)(H,46,58)(H,47,56)(H,48,55)(H,49,61)(H,50,59)(H,51,60)(H,52,57)/t27-,31+,32+,34+,35+/m1/s1. The average molecular weight is 865 g/mol. The van der Waals surface area contributed by atoms with Gasteiger partial charge >= 0.3 is 6.09 Å². The molecule has 0 aliphatic heterocycles. The second-order valence-corrected chi connectivity index (χ2v) is 17.4. The maximum Gasteiger partial charge on any atom is 0.408 e. The molecule has 0 bridgehead atoms. The lowest BCUT2D eigenvalue weighted by atomic mass is 9.92. The molecule has 1 aliphatic rings. The summed E-state index contributed by atoms with van der Waals surface area (Å²) in [7, 11) is 0. The van der Waals surface area contributed by atoms with Crippen LogP contribution in [0.15, 0.2) is 54.6 Å². The molecule has 1 saturated carbocycles. The highest BCUT2D eigenvalue weighted by atomic mass is 16.6. The molecular formula is C44H64N8O10. The van der Waals surface area contributed by atoms with E-state index in [0.717, 1.165) is 0 Å². The minimum absolute atomic E-state index is 0.00714. The van der Waals surface area contributed by atoms with Crippen LogP contribution in [0.5, 0.6) is 5.75 Å². The van der Waals surface area contributed by atoms with Crippen LogP contribution < -0.4 is 43.0 Å². The predicted molar refractivity (Wildman–Crippen MR) is 230 cm³/mol. The number of hydrogen-bond acceptors (Lipinski definition) is 10. The Bertz CT molecular complexity index is 1890. The number of phenolic OH excluding ortho intramolecular Hbond substituents is 1. The first-order chi connectivity index (χ1) is 29.0. The molecule has 0 unspecified atom stereocenters. The minimum Gasteiger partial charge on any atom is -0.508 e. The molecule has 5 atom stereocenters. The van der Waals surface area contributed by atoms with Crippen molar-refractivity contribution in [2.75, 3.05) is 6.54 Å². The molecule has 18 heteroatoms. The summed E-state index contributed by atoms with van der Waals surface area (Å²) in [5, 5.41) is 28.4. The fourth-order valence-electron chi connectivity index (χ4n) is 6.85. The number of benzene rings is 2. The zero-order chi connectivity index (χ0) is 46.4. The summed E-state index contributed by atoms with van der Waals surface area (Å²) in [5.74, 6) is -5.56. The van der Waals surface area contributed by atoms with Crippen molar-refractivity contribution in [3.63, 3.8) is 0 Å². The Hall–Kier alpha value is -6.20. The van der Waals surface area contributed by atoms with Crippen LogP contribution in [0, 0.1) is 11.8 Å². The summed E-state index contributed by atoms with van der Waals surface area (Å²) in [6.07, 6.45) is 0.812. The number of aromatic hydroxyl groups is 1. The van der Waals surface area contributed by atoms with E-state index in [9.17, 15) is 43.5 Å². The highest BCUT2D eigenvalue weighted by molar-refractivity contribution is 5.99. The maximum absolute atomic E-state index is 14.3. The first-order valence-electron chi connectivity index (χ1n) is 20.9. The van der Waals surface area contributed by atoms with Crippen molar-refractivity contribution in [3.05, 3.63) is 65.7 Å². The van der Waals surface area contributed by atoms with Gasteiger partial charge in [0, 0.05) is 12.8 Å². The van der Waals surface area contributed by atoms with Gasteiger partial charge < -0.3 is 52.8 Å². The molecule has 1 fully saturated rings. The topological polar surface area (TPSA) is 276 Å².